The lowest BCUT2D eigenvalue weighted by Gasteiger charge is -2.51. The number of carbonyl (C=O) groups is 1. The largest absolute Gasteiger partial charge is 0.462 e. The maximum Gasteiger partial charge on any atom is 0.316 e. The van der Waals surface area contributed by atoms with E-state index in [9.17, 15) is 20.1 Å². The molecule has 4 unspecified atom stereocenters. The highest BCUT2D eigenvalue weighted by Gasteiger charge is 2.61. The summed E-state index contributed by atoms with van der Waals surface area (Å²) in [5, 5.41) is 34.8. The Morgan fingerprint density at radius 1 is 0.797 bits per heavy atom. The van der Waals surface area contributed by atoms with Crippen molar-refractivity contribution in [2.75, 3.05) is 27.9 Å². The van der Waals surface area contributed by atoms with Crippen LogP contribution in [0.1, 0.15) is 93.4 Å². The first kappa shape index (κ1) is 48.4. The highest BCUT2D eigenvalue weighted by atomic mass is 16.7. The lowest BCUT2D eigenvalue weighted by molar-refractivity contribution is -0.351. The molecule has 6 fully saturated rings. The number of methoxy groups -OCH3 is 3. The van der Waals surface area contributed by atoms with Gasteiger partial charge < -0.3 is 67.4 Å². The second kappa shape index (κ2) is 19.5. The third-order valence-electron chi connectivity index (χ3n) is 15.6. The number of aliphatic hydroxyl groups excluding tert-OH is 2. The molecular weight excluding hydrogens is 829 g/mol. The number of hydrogen-bond donors (Lipinski definition) is 3. The summed E-state index contributed by atoms with van der Waals surface area (Å²) in [6, 6.07) is 0. The lowest BCUT2D eigenvalue weighted by atomic mass is 9.70. The second-order valence-corrected chi connectivity index (χ2v) is 20.2. The molecule has 6 aliphatic heterocycles. The maximum atomic E-state index is 14.5. The van der Waals surface area contributed by atoms with E-state index in [0.717, 1.165) is 17.6 Å². The Kier molecular flexibility index (Phi) is 14.7. The van der Waals surface area contributed by atoms with Gasteiger partial charge in [-0.05, 0) is 69.1 Å². The molecule has 8 rings (SSSR count). The Morgan fingerprint density at radius 3 is 2.20 bits per heavy atom. The first-order chi connectivity index (χ1) is 30.5. The highest BCUT2D eigenvalue weighted by molar-refractivity contribution is 5.78. The van der Waals surface area contributed by atoms with Gasteiger partial charge in [0.25, 0.3) is 0 Å². The second-order valence-electron chi connectivity index (χ2n) is 20.2. The summed E-state index contributed by atoms with van der Waals surface area (Å²) in [5.74, 6) is -2.23. The van der Waals surface area contributed by atoms with Crippen molar-refractivity contribution in [1.29, 1.82) is 0 Å². The van der Waals surface area contributed by atoms with Crippen LogP contribution in [0.3, 0.4) is 0 Å². The van der Waals surface area contributed by atoms with Crippen molar-refractivity contribution in [2.45, 2.75) is 197 Å². The standard InChI is InChI=1S/C49H74O15/c1-24-12-11-13-31-23-57-46-43(56-10)27(4)17-35(49(31,46)53)47(52)60-33-18-32(63-48(21-33)22-36(50)28(5)44(64-48)34-16-26(34)3)15-14-25(2)42(24)61-40-20-38(55-9)45(30(7)59-40)62-39-19-37(54-8)41(51)29(6)58-39/h11-14,17,24,26,28-30,32-46,50-51,53H,15-16,18-23H2,1-10H3/b12-11-,25-14-,31-13?/t24-,26?,28-,29-,30-,32+,33-,34?,35-,36?,37-,38-,39-,40-,41-,42-,43+,44?,45-,46+,48-,49+/m0/s1. The number of hydrogen-bond acceptors (Lipinski definition) is 15. The zero-order valence-electron chi connectivity index (χ0n) is 39.3. The van der Waals surface area contributed by atoms with Gasteiger partial charge in [0, 0.05) is 65.3 Å². The minimum atomic E-state index is -1.74. The van der Waals surface area contributed by atoms with Crippen molar-refractivity contribution in [2.24, 2.45) is 29.6 Å². The molecule has 360 valence electrons. The van der Waals surface area contributed by atoms with Gasteiger partial charge in [-0.1, -0.05) is 51.2 Å². The predicted octanol–water partition coefficient (Wildman–Crippen LogP) is 4.84. The van der Waals surface area contributed by atoms with E-state index in [2.05, 4.69) is 19.9 Å². The number of aliphatic hydroxyl groups is 3. The van der Waals surface area contributed by atoms with Crippen molar-refractivity contribution in [3.05, 3.63) is 47.1 Å². The Bertz CT molecular complexity index is 1780. The van der Waals surface area contributed by atoms with E-state index in [4.69, 9.17) is 52.1 Å². The van der Waals surface area contributed by atoms with E-state index in [0.29, 0.717) is 43.1 Å². The molecule has 1 saturated carbocycles. The van der Waals surface area contributed by atoms with Gasteiger partial charge in [0.2, 0.25) is 0 Å². The van der Waals surface area contributed by atoms with Crippen LogP contribution in [-0.2, 0) is 56.9 Å². The fourth-order valence-corrected chi connectivity index (χ4v) is 11.7. The van der Waals surface area contributed by atoms with Gasteiger partial charge in [-0.15, -0.1) is 0 Å². The van der Waals surface area contributed by atoms with Crippen LogP contribution in [-0.4, -0.2) is 153 Å². The average molecular weight is 903 g/mol. The molecule has 2 bridgehead atoms. The van der Waals surface area contributed by atoms with Crippen LogP contribution in [0, 0.1) is 29.6 Å². The van der Waals surface area contributed by atoms with Crippen molar-refractivity contribution in [3.8, 4) is 0 Å². The summed E-state index contributed by atoms with van der Waals surface area (Å²) in [6.45, 7) is 14.1. The minimum absolute atomic E-state index is 0.0703. The minimum Gasteiger partial charge on any atom is -0.462 e. The number of esters is 1. The predicted molar refractivity (Wildman–Crippen MR) is 231 cm³/mol. The third-order valence-corrected chi connectivity index (χ3v) is 15.6. The number of carbonyl (C=O) groups excluding carboxylic acids is 1. The van der Waals surface area contributed by atoms with Crippen LogP contribution in [0.5, 0.6) is 0 Å². The summed E-state index contributed by atoms with van der Waals surface area (Å²) >= 11 is 0. The molecule has 22 atom stereocenters. The lowest BCUT2D eigenvalue weighted by Crippen LogP contribution is -2.60. The number of fused-ring (bicyclic) bond motifs is 2. The fraction of sp³-hybridized carbons (Fsp3) is 0.816. The summed E-state index contributed by atoms with van der Waals surface area (Å²) in [4.78, 5) is 14.5. The molecule has 0 aromatic heterocycles. The maximum absolute atomic E-state index is 14.5. The van der Waals surface area contributed by atoms with Crippen LogP contribution in [0.25, 0.3) is 0 Å². The number of allylic oxidation sites excluding steroid dienone is 2. The molecule has 3 N–H and O–H groups in total. The van der Waals surface area contributed by atoms with Crippen LogP contribution < -0.4 is 0 Å². The Hall–Kier alpha value is -2.09. The van der Waals surface area contributed by atoms with Crippen LogP contribution in [0.15, 0.2) is 47.1 Å². The van der Waals surface area contributed by atoms with Crippen LogP contribution >= 0.6 is 0 Å². The summed E-state index contributed by atoms with van der Waals surface area (Å²) < 4.78 is 70.0. The van der Waals surface area contributed by atoms with E-state index in [1.807, 2.05) is 45.9 Å². The molecule has 5 saturated heterocycles. The van der Waals surface area contributed by atoms with E-state index >= 15 is 0 Å². The molecule has 8 aliphatic rings. The van der Waals surface area contributed by atoms with Gasteiger partial charge in [-0.2, -0.15) is 0 Å². The van der Waals surface area contributed by atoms with Gasteiger partial charge in [-0.25, -0.2) is 0 Å². The molecule has 6 heterocycles. The molecule has 1 spiro atoms. The monoisotopic (exact) mass is 903 g/mol. The van der Waals surface area contributed by atoms with E-state index in [1.165, 1.54) is 0 Å². The number of ether oxygens (including phenoxy) is 11. The van der Waals surface area contributed by atoms with E-state index in [1.54, 1.807) is 34.3 Å². The zero-order chi connectivity index (χ0) is 45.8. The van der Waals surface area contributed by atoms with E-state index < -0.39 is 103 Å². The van der Waals surface area contributed by atoms with Crippen molar-refractivity contribution in [1.82, 2.24) is 0 Å². The first-order valence-corrected chi connectivity index (χ1v) is 23.7. The smallest absolute Gasteiger partial charge is 0.316 e. The third kappa shape index (κ3) is 9.50. The summed E-state index contributed by atoms with van der Waals surface area (Å²) in [6.07, 6.45) is 4.81. The molecule has 0 amide bonds. The summed E-state index contributed by atoms with van der Waals surface area (Å²) in [5.41, 5.74) is 0.537. The number of rotatable bonds is 8. The van der Waals surface area contributed by atoms with Crippen molar-refractivity contribution >= 4 is 5.97 Å². The van der Waals surface area contributed by atoms with Crippen LogP contribution in [0.4, 0.5) is 0 Å². The SMILES string of the molecule is CO[C@H]1C[C@H](O[C@H]2[C@H](C)O[C@@H](O[C@@H]3/C(C)=C\C[C@@H]4C[C@@H](C[C@]5(CC(O)[C@H](C)C(C6CC6C)O5)O4)OC(=O)[C@@H]4C=C(C)[C@@H](OC)[C@H]5OCC(=C/C=C\[C@@H]3C)[C@]54O)C[C@@H]2OC)O[C@@H](C)[C@@H]1O. The van der Waals surface area contributed by atoms with Gasteiger partial charge in [-0.3, -0.25) is 4.79 Å². The first-order valence-electron chi connectivity index (χ1n) is 23.7. The quantitative estimate of drug-likeness (QED) is 0.223. The molecule has 15 heteroatoms. The highest BCUT2D eigenvalue weighted by Crippen LogP contribution is 2.52. The van der Waals surface area contributed by atoms with Gasteiger partial charge in [0.1, 0.15) is 42.0 Å². The van der Waals surface area contributed by atoms with Crippen LogP contribution in [0.2, 0.25) is 0 Å². The Balaban J connectivity index is 1.09. The zero-order valence-corrected chi connectivity index (χ0v) is 39.3. The molecular formula is C49H74O15. The molecule has 0 aromatic rings. The molecule has 0 aromatic carbocycles. The van der Waals surface area contributed by atoms with E-state index in [-0.39, 0.29) is 43.5 Å². The average Bonchev–Trinajstić information content (AvgIpc) is 3.89. The van der Waals surface area contributed by atoms with Gasteiger partial charge >= 0.3 is 5.97 Å². The van der Waals surface area contributed by atoms with Gasteiger partial charge in [0.05, 0.1) is 55.4 Å². The topological polar surface area (TPSA) is 179 Å². The normalized spacial score (nSPS) is 51.3. The van der Waals surface area contributed by atoms with Crippen molar-refractivity contribution < 1.29 is 72.2 Å². The van der Waals surface area contributed by atoms with Crippen molar-refractivity contribution in [3.63, 3.8) is 0 Å². The molecule has 0 radical (unpaired) electrons. The van der Waals surface area contributed by atoms with Gasteiger partial charge in [0.15, 0.2) is 18.4 Å². The fourth-order valence-electron chi connectivity index (χ4n) is 11.7. The molecule has 15 nitrogen and oxygen atoms in total. The Labute approximate surface area is 378 Å². The molecule has 64 heavy (non-hydrogen) atoms. The Morgan fingerprint density at radius 2 is 1.50 bits per heavy atom. The molecule has 2 aliphatic carbocycles. The summed E-state index contributed by atoms with van der Waals surface area (Å²) in [7, 11) is 4.80.